The average molecular weight is 346 g/mol. The highest BCUT2D eigenvalue weighted by Crippen LogP contribution is 2.38. The summed E-state index contributed by atoms with van der Waals surface area (Å²) in [5.74, 6) is 0.978. The van der Waals surface area contributed by atoms with E-state index in [9.17, 15) is 9.59 Å². The first-order valence-corrected chi connectivity index (χ1v) is 8.47. The summed E-state index contributed by atoms with van der Waals surface area (Å²) in [7, 11) is 1.57. The minimum absolute atomic E-state index is 0.205. The van der Waals surface area contributed by atoms with Crippen LogP contribution in [0.25, 0.3) is 11.5 Å². The van der Waals surface area contributed by atoms with E-state index in [1.54, 1.807) is 25.4 Å². The molecule has 134 valence electrons. The Balaban J connectivity index is 1.85. The van der Waals surface area contributed by atoms with Gasteiger partial charge in [-0.3, -0.25) is 9.59 Å². The molecule has 25 heavy (non-hydrogen) atoms. The number of nitrogens with one attached hydrogen (secondary N) is 1. The second kappa shape index (κ2) is 7.60. The molecule has 1 atom stereocenters. The largest absolute Gasteiger partial charge is 0.383 e. The van der Waals surface area contributed by atoms with Gasteiger partial charge in [-0.05, 0) is 31.4 Å². The van der Waals surface area contributed by atoms with Gasteiger partial charge in [-0.25, -0.2) is 0 Å². The van der Waals surface area contributed by atoms with E-state index >= 15 is 0 Å². The van der Waals surface area contributed by atoms with Crippen molar-refractivity contribution in [2.75, 3.05) is 20.3 Å². The Hall–Kier alpha value is -2.48. The summed E-state index contributed by atoms with van der Waals surface area (Å²) in [6.07, 6.45) is 4.20. The van der Waals surface area contributed by atoms with Crippen LogP contribution in [-0.4, -0.2) is 40.9 Å². The van der Waals surface area contributed by atoms with Crippen molar-refractivity contribution >= 4 is 5.91 Å². The highest BCUT2D eigenvalue weighted by atomic mass is 16.5. The first-order chi connectivity index (χ1) is 12.2. The Morgan fingerprint density at radius 1 is 1.52 bits per heavy atom. The zero-order valence-electron chi connectivity index (χ0n) is 14.4. The van der Waals surface area contributed by atoms with Crippen LogP contribution in [-0.2, 0) is 9.53 Å². The van der Waals surface area contributed by atoms with E-state index < -0.39 is 6.04 Å². The molecule has 1 amide bonds. The standard InChI is InChI=1S/C17H22N4O4/c1-3-13(15(22)18-8-10-24-2)21-9-4-5-12(17(21)23)16-19-14(20-25-16)11-6-7-11/h4-5,9,11,13H,3,6-8,10H2,1-2H3,(H,18,22)/t13-/m1/s1. The van der Waals surface area contributed by atoms with E-state index in [2.05, 4.69) is 15.5 Å². The van der Waals surface area contributed by atoms with Crippen molar-refractivity contribution in [1.29, 1.82) is 0 Å². The lowest BCUT2D eigenvalue weighted by Crippen LogP contribution is -2.38. The third-order valence-corrected chi connectivity index (χ3v) is 4.22. The van der Waals surface area contributed by atoms with Gasteiger partial charge in [0.15, 0.2) is 5.82 Å². The molecule has 0 aromatic carbocycles. The lowest BCUT2D eigenvalue weighted by atomic mass is 10.1. The third-order valence-electron chi connectivity index (χ3n) is 4.22. The van der Waals surface area contributed by atoms with Gasteiger partial charge in [0.05, 0.1) is 6.61 Å². The third kappa shape index (κ3) is 3.79. The fraction of sp³-hybridized carbons (Fsp3) is 0.529. The molecule has 0 saturated heterocycles. The summed E-state index contributed by atoms with van der Waals surface area (Å²) in [5, 5.41) is 6.72. The van der Waals surface area contributed by atoms with E-state index in [4.69, 9.17) is 9.26 Å². The van der Waals surface area contributed by atoms with Crippen LogP contribution in [0, 0.1) is 0 Å². The van der Waals surface area contributed by atoms with Gasteiger partial charge in [0.1, 0.15) is 11.6 Å². The molecule has 2 heterocycles. The Morgan fingerprint density at radius 2 is 2.32 bits per heavy atom. The maximum absolute atomic E-state index is 12.8. The number of ether oxygens (including phenoxy) is 1. The highest BCUT2D eigenvalue weighted by molar-refractivity contribution is 5.80. The molecule has 8 heteroatoms. The van der Waals surface area contributed by atoms with Gasteiger partial charge in [-0.15, -0.1) is 0 Å². The van der Waals surface area contributed by atoms with Crippen molar-refractivity contribution < 1.29 is 14.1 Å². The fourth-order valence-corrected chi connectivity index (χ4v) is 2.67. The minimum Gasteiger partial charge on any atom is -0.383 e. The van der Waals surface area contributed by atoms with Crippen LogP contribution in [0.4, 0.5) is 0 Å². The highest BCUT2D eigenvalue weighted by Gasteiger charge is 2.29. The van der Waals surface area contributed by atoms with Gasteiger partial charge in [-0.2, -0.15) is 4.98 Å². The molecule has 1 N–H and O–H groups in total. The molecule has 0 spiro atoms. The van der Waals surface area contributed by atoms with E-state index in [-0.39, 0.29) is 17.4 Å². The lowest BCUT2D eigenvalue weighted by molar-refractivity contribution is -0.124. The average Bonchev–Trinajstić information content (AvgIpc) is 3.35. The van der Waals surface area contributed by atoms with Gasteiger partial charge in [-0.1, -0.05) is 12.1 Å². The molecule has 1 saturated carbocycles. The van der Waals surface area contributed by atoms with E-state index in [0.717, 1.165) is 12.8 Å². The normalized spacial score (nSPS) is 15.1. The molecule has 3 rings (SSSR count). The van der Waals surface area contributed by atoms with Crippen LogP contribution in [0.15, 0.2) is 27.6 Å². The maximum Gasteiger partial charge on any atom is 0.264 e. The molecule has 1 fully saturated rings. The summed E-state index contributed by atoms with van der Waals surface area (Å²) in [4.78, 5) is 29.5. The molecule has 1 aliphatic carbocycles. The van der Waals surface area contributed by atoms with Crippen molar-refractivity contribution in [1.82, 2.24) is 20.0 Å². The molecule has 0 bridgehead atoms. The Morgan fingerprint density at radius 3 is 3.00 bits per heavy atom. The number of rotatable bonds is 8. The van der Waals surface area contributed by atoms with Crippen LogP contribution >= 0.6 is 0 Å². The number of amides is 1. The van der Waals surface area contributed by atoms with Crippen molar-refractivity contribution in [2.24, 2.45) is 0 Å². The molecule has 2 aromatic heterocycles. The number of hydrogen-bond acceptors (Lipinski definition) is 6. The van der Waals surface area contributed by atoms with Crippen LogP contribution in [0.1, 0.15) is 44.0 Å². The molecular weight excluding hydrogens is 324 g/mol. The first-order valence-electron chi connectivity index (χ1n) is 8.47. The molecule has 0 radical (unpaired) electrons. The smallest absolute Gasteiger partial charge is 0.264 e. The maximum atomic E-state index is 12.8. The predicted octanol–water partition coefficient (Wildman–Crippen LogP) is 1.49. The Kier molecular flexibility index (Phi) is 5.28. The molecule has 8 nitrogen and oxygen atoms in total. The van der Waals surface area contributed by atoms with Crippen LogP contribution in [0.2, 0.25) is 0 Å². The number of pyridine rings is 1. The van der Waals surface area contributed by atoms with Crippen LogP contribution in [0.3, 0.4) is 0 Å². The van der Waals surface area contributed by atoms with Crippen molar-refractivity contribution in [2.45, 2.75) is 38.1 Å². The number of carbonyl (C=O) groups is 1. The van der Waals surface area contributed by atoms with Crippen molar-refractivity contribution in [3.63, 3.8) is 0 Å². The van der Waals surface area contributed by atoms with Crippen molar-refractivity contribution in [3.05, 3.63) is 34.5 Å². The number of hydrogen-bond donors (Lipinski definition) is 1. The Bertz CT molecular complexity index is 794. The number of methoxy groups -OCH3 is 1. The summed E-state index contributed by atoms with van der Waals surface area (Å²) in [6, 6.07) is 2.75. The molecular formula is C17H22N4O4. The van der Waals surface area contributed by atoms with Gasteiger partial charge in [0, 0.05) is 25.8 Å². The van der Waals surface area contributed by atoms with Gasteiger partial charge in [0.25, 0.3) is 11.4 Å². The molecule has 0 unspecified atom stereocenters. The second-order valence-electron chi connectivity index (χ2n) is 6.07. The number of aromatic nitrogens is 3. The van der Waals surface area contributed by atoms with Crippen LogP contribution < -0.4 is 10.9 Å². The van der Waals surface area contributed by atoms with Gasteiger partial charge >= 0.3 is 0 Å². The Labute approximate surface area is 145 Å². The van der Waals surface area contributed by atoms with E-state index in [0.29, 0.717) is 36.9 Å². The number of carbonyl (C=O) groups excluding carboxylic acids is 1. The minimum atomic E-state index is -0.602. The second-order valence-corrected chi connectivity index (χ2v) is 6.07. The summed E-state index contributed by atoms with van der Waals surface area (Å²) in [6.45, 7) is 2.68. The topological polar surface area (TPSA) is 99.2 Å². The SMILES string of the molecule is CC[C@H](C(=O)NCCOC)n1cccc(-c2nc(C3CC3)no2)c1=O. The molecule has 1 aliphatic rings. The zero-order valence-corrected chi connectivity index (χ0v) is 14.4. The predicted molar refractivity (Wildman–Crippen MR) is 90.2 cm³/mol. The monoisotopic (exact) mass is 346 g/mol. The van der Waals surface area contributed by atoms with E-state index in [1.807, 2.05) is 6.92 Å². The molecule has 2 aromatic rings. The van der Waals surface area contributed by atoms with Gasteiger partial charge in [0.2, 0.25) is 5.91 Å². The van der Waals surface area contributed by atoms with Crippen molar-refractivity contribution in [3.8, 4) is 11.5 Å². The lowest BCUT2D eigenvalue weighted by Gasteiger charge is -2.18. The summed E-state index contributed by atoms with van der Waals surface area (Å²) >= 11 is 0. The van der Waals surface area contributed by atoms with Gasteiger partial charge < -0.3 is 19.1 Å². The fourth-order valence-electron chi connectivity index (χ4n) is 2.67. The zero-order chi connectivity index (χ0) is 17.8. The van der Waals surface area contributed by atoms with Crippen LogP contribution in [0.5, 0.6) is 0 Å². The van der Waals surface area contributed by atoms with E-state index in [1.165, 1.54) is 4.57 Å². The molecule has 0 aliphatic heterocycles. The quantitative estimate of drug-likeness (QED) is 0.727. The number of nitrogens with zero attached hydrogens (tertiary/aromatic N) is 3. The summed E-state index contributed by atoms with van der Waals surface area (Å²) < 4.78 is 11.6. The first kappa shape index (κ1) is 17.3. The summed E-state index contributed by atoms with van der Waals surface area (Å²) in [5.41, 5.74) is -0.00715.